The van der Waals surface area contributed by atoms with Crippen molar-refractivity contribution in [2.24, 2.45) is 0 Å². The van der Waals surface area contributed by atoms with Crippen molar-refractivity contribution in [3.05, 3.63) is 47.2 Å². The Morgan fingerprint density at radius 2 is 1.62 bits per heavy atom. The van der Waals surface area contributed by atoms with E-state index in [0.717, 1.165) is 16.7 Å². The van der Waals surface area contributed by atoms with Crippen LogP contribution < -0.4 is 10.8 Å². The molecule has 3 heterocycles. The quantitative estimate of drug-likeness (QED) is 0.782. The molecule has 0 amide bonds. The lowest BCUT2D eigenvalue weighted by molar-refractivity contribution is 0.00578. The SMILES string of the molecule is CC1=Cc2c(B3OC(C)(C)C(C)(C)O3)cn(S(=O)(=O)c3ccc(C)cc3)c2NC1. The third-order valence-corrected chi connectivity index (χ3v) is 7.73. The van der Waals surface area contributed by atoms with Gasteiger partial charge in [-0.3, -0.25) is 0 Å². The number of benzene rings is 1. The summed E-state index contributed by atoms with van der Waals surface area (Å²) in [6, 6.07) is 6.87. The Morgan fingerprint density at radius 3 is 2.21 bits per heavy atom. The van der Waals surface area contributed by atoms with E-state index in [1.54, 1.807) is 30.5 Å². The molecule has 154 valence electrons. The van der Waals surface area contributed by atoms with E-state index in [9.17, 15) is 8.42 Å². The summed E-state index contributed by atoms with van der Waals surface area (Å²) in [7, 11) is -4.41. The first-order valence-corrected chi connectivity index (χ1v) is 11.2. The van der Waals surface area contributed by atoms with Gasteiger partial charge < -0.3 is 14.6 Å². The molecule has 8 heteroatoms. The highest BCUT2D eigenvalue weighted by atomic mass is 32.2. The van der Waals surface area contributed by atoms with Crippen LogP contribution in [0.4, 0.5) is 5.82 Å². The van der Waals surface area contributed by atoms with Crippen LogP contribution in [0.3, 0.4) is 0 Å². The van der Waals surface area contributed by atoms with Crippen molar-refractivity contribution in [1.29, 1.82) is 0 Å². The molecule has 0 bridgehead atoms. The van der Waals surface area contributed by atoms with Gasteiger partial charge in [0.25, 0.3) is 10.0 Å². The first-order valence-electron chi connectivity index (χ1n) is 9.76. The molecule has 0 unspecified atom stereocenters. The zero-order valence-electron chi connectivity index (χ0n) is 17.7. The zero-order chi connectivity index (χ0) is 21.2. The molecule has 1 aromatic heterocycles. The molecule has 6 nitrogen and oxygen atoms in total. The van der Waals surface area contributed by atoms with Crippen LogP contribution in [0.25, 0.3) is 6.08 Å². The standard InChI is InChI=1S/C21H27BN2O4S/c1-14-7-9-16(10-8-14)29(25,26)24-13-18(17-11-15(2)12-23-19(17)24)22-27-20(3,4)21(5,6)28-22/h7-11,13,23H,12H2,1-6H3. The molecule has 2 aliphatic rings. The van der Waals surface area contributed by atoms with Gasteiger partial charge in [0.2, 0.25) is 0 Å². The van der Waals surface area contributed by atoms with Gasteiger partial charge in [-0.15, -0.1) is 0 Å². The maximum absolute atomic E-state index is 13.4. The molecule has 4 rings (SSSR count). The maximum Gasteiger partial charge on any atom is 0.497 e. The first-order chi connectivity index (χ1) is 13.4. The van der Waals surface area contributed by atoms with Gasteiger partial charge in [0.15, 0.2) is 0 Å². The molecule has 1 N–H and O–H groups in total. The van der Waals surface area contributed by atoms with E-state index in [0.29, 0.717) is 17.8 Å². The monoisotopic (exact) mass is 414 g/mol. The van der Waals surface area contributed by atoms with E-state index in [1.165, 1.54) is 3.97 Å². The molecule has 1 saturated heterocycles. The summed E-state index contributed by atoms with van der Waals surface area (Å²) >= 11 is 0. The Kier molecular flexibility index (Phi) is 4.53. The Balaban J connectivity index is 1.86. The van der Waals surface area contributed by atoms with Gasteiger partial charge in [-0.25, -0.2) is 12.4 Å². The second-order valence-corrected chi connectivity index (χ2v) is 10.7. The Morgan fingerprint density at radius 1 is 1.03 bits per heavy atom. The molecule has 29 heavy (non-hydrogen) atoms. The summed E-state index contributed by atoms with van der Waals surface area (Å²) in [5.41, 5.74) is 2.60. The number of rotatable bonds is 3. The number of anilines is 1. The van der Waals surface area contributed by atoms with Crippen molar-refractivity contribution in [2.45, 2.75) is 57.6 Å². The number of fused-ring (bicyclic) bond motifs is 1. The van der Waals surface area contributed by atoms with E-state index < -0.39 is 28.3 Å². The molecule has 0 radical (unpaired) electrons. The molecule has 0 aliphatic carbocycles. The largest absolute Gasteiger partial charge is 0.497 e. The van der Waals surface area contributed by atoms with Gasteiger partial charge in [-0.1, -0.05) is 29.3 Å². The average Bonchev–Trinajstić information content (AvgIpc) is 3.09. The summed E-state index contributed by atoms with van der Waals surface area (Å²) in [5.74, 6) is 0.542. The first kappa shape index (κ1) is 20.3. The molecule has 2 aliphatic heterocycles. The smallest absolute Gasteiger partial charge is 0.399 e. The van der Waals surface area contributed by atoms with Crippen molar-refractivity contribution < 1.29 is 17.7 Å². The normalized spacial score (nSPS) is 20.2. The van der Waals surface area contributed by atoms with Gasteiger partial charge in [0.1, 0.15) is 5.82 Å². The van der Waals surface area contributed by atoms with Crippen LogP contribution in [0.15, 0.2) is 40.9 Å². The fourth-order valence-electron chi connectivity index (χ4n) is 3.53. The average molecular weight is 414 g/mol. The predicted octanol–water partition coefficient (Wildman–Crippen LogP) is 3.16. The Labute approximate surface area is 173 Å². The predicted molar refractivity (Wildman–Crippen MR) is 116 cm³/mol. The van der Waals surface area contributed by atoms with Gasteiger partial charge >= 0.3 is 7.12 Å². The number of nitrogens with zero attached hydrogens (tertiary/aromatic N) is 1. The van der Waals surface area contributed by atoms with Crippen LogP contribution in [0.1, 0.15) is 45.7 Å². The van der Waals surface area contributed by atoms with Gasteiger partial charge in [0, 0.05) is 23.8 Å². The molecular formula is C21H27BN2O4S. The Bertz CT molecular complexity index is 1080. The van der Waals surface area contributed by atoms with Crippen LogP contribution in [0, 0.1) is 6.92 Å². The summed E-state index contributed by atoms with van der Waals surface area (Å²) < 4.78 is 40.5. The third-order valence-electron chi connectivity index (χ3n) is 6.05. The van der Waals surface area contributed by atoms with Crippen LogP contribution in [0.5, 0.6) is 0 Å². The topological polar surface area (TPSA) is 69.6 Å². The highest BCUT2D eigenvalue weighted by Gasteiger charge is 2.53. The van der Waals surface area contributed by atoms with Gasteiger partial charge in [-0.05, 0) is 53.7 Å². The number of aromatic nitrogens is 1. The maximum atomic E-state index is 13.4. The van der Waals surface area contributed by atoms with Crippen molar-refractivity contribution in [1.82, 2.24) is 3.97 Å². The van der Waals surface area contributed by atoms with Crippen molar-refractivity contribution in [3.63, 3.8) is 0 Å². The Hall–Kier alpha value is -2.03. The van der Waals surface area contributed by atoms with Crippen LogP contribution >= 0.6 is 0 Å². The molecular weight excluding hydrogens is 387 g/mol. The lowest BCUT2D eigenvalue weighted by Gasteiger charge is -2.32. The highest BCUT2D eigenvalue weighted by Crippen LogP contribution is 2.38. The second kappa shape index (κ2) is 6.49. The lowest BCUT2D eigenvalue weighted by atomic mass is 9.77. The van der Waals surface area contributed by atoms with Crippen LogP contribution in [-0.2, 0) is 19.3 Å². The number of nitrogens with one attached hydrogen (secondary N) is 1. The summed E-state index contributed by atoms with van der Waals surface area (Å²) in [6.07, 6.45) is 3.64. The fraction of sp³-hybridized carbons (Fsp3) is 0.429. The molecule has 0 saturated carbocycles. The summed E-state index contributed by atoms with van der Waals surface area (Å²) in [4.78, 5) is 0.245. The summed E-state index contributed by atoms with van der Waals surface area (Å²) in [6.45, 7) is 12.5. The highest BCUT2D eigenvalue weighted by molar-refractivity contribution is 7.90. The lowest BCUT2D eigenvalue weighted by Crippen LogP contribution is -2.41. The zero-order valence-corrected chi connectivity index (χ0v) is 18.6. The van der Waals surface area contributed by atoms with E-state index >= 15 is 0 Å². The minimum atomic E-state index is -3.77. The van der Waals surface area contributed by atoms with Crippen molar-refractivity contribution in [2.75, 3.05) is 11.9 Å². The molecule has 0 atom stereocenters. The van der Waals surface area contributed by atoms with E-state index in [4.69, 9.17) is 9.31 Å². The molecule has 0 spiro atoms. The summed E-state index contributed by atoms with van der Waals surface area (Å²) in [5, 5.41) is 3.26. The van der Waals surface area contributed by atoms with E-state index in [2.05, 4.69) is 5.32 Å². The van der Waals surface area contributed by atoms with Crippen molar-refractivity contribution in [3.8, 4) is 0 Å². The number of aryl methyl sites for hydroxylation is 1. The van der Waals surface area contributed by atoms with Gasteiger partial charge in [-0.2, -0.15) is 0 Å². The fourth-order valence-corrected chi connectivity index (χ4v) is 4.90. The number of hydrogen-bond acceptors (Lipinski definition) is 5. The number of hydrogen-bond donors (Lipinski definition) is 1. The molecule has 1 aromatic carbocycles. The molecule has 1 fully saturated rings. The van der Waals surface area contributed by atoms with Crippen LogP contribution in [-0.4, -0.2) is 37.3 Å². The van der Waals surface area contributed by atoms with Crippen LogP contribution in [0.2, 0.25) is 0 Å². The van der Waals surface area contributed by atoms with Crippen molar-refractivity contribution >= 4 is 34.5 Å². The van der Waals surface area contributed by atoms with Gasteiger partial charge in [0.05, 0.1) is 16.1 Å². The second-order valence-electron chi connectivity index (χ2n) is 8.89. The molecule has 2 aromatic rings. The third kappa shape index (κ3) is 3.23. The van der Waals surface area contributed by atoms with E-state index in [1.807, 2.05) is 47.6 Å². The minimum Gasteiger partial charge on any atom is -0.399 e. The van der Waals surface area contributed by atoms with E-state index in [-0.39, 0.29) is 4.90 Å². The minimum absolute atomic E-state index is 0.245.